The Hall–Kier alpha value is -4.05. The van der Waals surface area contributed by atoms with E-state index in [1.807, 2.05) is 29.2 Å². The van der Waals surface area contributed by atoms with Crippen LogP contribution in [0.4, 0.5) is 23.7 Å². The van der Waals surface area contributed by atoms with Crippen LogP contribution in [0.15, 0.2) is 78.9 Å². The molecule has 2 N–H and O–H groups in total. The maximum atomic E-state index is 13.2. The van der Waals surface area contributed by atoms with Crippen molar-refractivity contribution in [2.75, 3.05) is 38.6 Å². The van der Waals surface area contributed by atoms with Crippen LogP contribution in [0.1, 0.15) is 36.0 Å². The molecule has 0 atom stereocenters. The van der Waals surface area contributed by atoms with Gasteiger partial charge in [0.05, 0.1) is 7.11 Å². The van der Waals surface area contributed by atoms with E-state index in [0.29, 0.717) is 6.54 Å². The van der Waals surface area contributed by atoms with Crippen molar-refractivity contribution in [3.8, 4) is 5.75 Å². The highest BCUT2D eigenvalue weighted by Gasteiger charge is 2.38. The number of benzene rings is 3. The lowest BCUT2D eigenvalue weighted by Crippen LogP contribution is -2.39. The molecule has 2 amide bonds. The number of aryl methyl sites for hydroxylation is 1. The monoisotopic (exact) mass is 599 g/mol. The summed E-state index contributed by atoms with van der Waals surface area (Å²) in [5.74, 6) is -1.21. The van der Waals surface area contributed by atoms with Crippen molar-refractivity contribution in [2.45, 2.75) is 45.3 Å². The molecule has 1 saturated heterocycles. The van der Waals surface area contributed by atoms with E-state index in [2.05, 4.69) is 71.7 Å². The van der Waals surface area contributed by atoms with Gasteiger partial charge >= 0.3 is 18.2 Å². The fourth-order valence-corrected chi connectivity index (χ4v) is 4.89. The maximum absolute atomic E-state index is 13.2. The van der Waals surface area contributed by atoms with Crippen LogP contribution in [0.2, 0.25) is 0 Å². The number of piperidine rings is 1. The van der Waals surface area contributed by atoms with Gasteiger partial charge in [-0.3, -0.25) is 0 Å². The van der Waals surface area contributed by atoms with Crippen molar-refractivity contribution in [3.05, 3.63) is 95.6 Å². The SMILES string of the molecule is COc1ccc(NC(=O)N(CCCN2CCC(Cc3ccccc3)CC2)Cc2ccc(C)cc2)cc1.O=C(O)C(F)(F)F. The number of nitrogens with one attached hydrogen (secondary N) is 1. The van der Waals surface area contributed by atoms with E-state index in [-0.39, 0.29) is 6.03 Å². The first-order valence-electron chi connectivity index (χ1n) is 14.4. The first-order valence-corrected chi connectivity index (χ1v) is 14.4. The minimum Gasteiger partial charge on any atom is -0.497 e. The molecule has 10 heteroatoms. The number of alkyl halides is 3. The van der Waals surface area contributed by atoms with Crippen molar-refractivity contribution in [1.82, 2.24) is 9.80 Å². The Morgan fingerprint density at radius 1 is 0.953 bits per heavy atom. The van der Waals surface area contributed by atoms with Crippen molar-refractivity contribution < 1.29 is 32.6 Å². The summed E-state index contributed by atoms with van der Waals surface area (Å²) in [4.78, 5) is 26.6. The van der Waals surface area contributed by atoms with Crippen molar-refractivity contribution in [1.29, 1.82) is 0 Å². The van der Waals surface area contributed by atoms with E-state index in [1.165, 1.54) is 30.4 Å². The zero-order chi connectivity index (χ0) is 31.2. The Bertz CT molecular complexity index is 1260. The zero-order valence-electron chi connectivity index (χ0n) is 24.6. The summed E-state index contributed by atoms with van der Waals surface area (Å²) < 4.78 is 37.0. The lowest BCUT2D eigenvalue weighted by Gasteiger charge is -2.32. The molecule has 1 aliphatic rings. The second kappa shape index (κ2) is 16.6. The van der Waals surface area contributed by atoms with Gasteiger partial charge in [0.1, 0.15) is 5.75 Å². The number of carboxylic acid groups (broad SMARTS) is 1. The number of halogens is 3. The van der Waals surface area contributed by atoms with Crippen LogP contribution in [0.5, 0.6) is 5.75 Å². The number of nitrogens with zero attached hydrogens (tertiary/aromatic N) is 2. The molecule has 1 heterocycles. The van der Waals surface area contributed by atoms with E-state index in [1.54, 1.807) is 7.11 Å². The first-order chi connectivity index (χ1) is 20.5. The standard InChI is InChI=1S/C31H39N3O2.C2HF3O2/c1-25-9-11-28(12-10-25)24-34(31(35)32-29-13-15-30(36-2)16-14-29)20-6-19-33-21-17-27(18-22-33)23-26-7-4-3-5-8-26;3-2(4,5)1(6)7/h3-5,7-16,27H,6,17-24H2,1-2H3,(H,32,35);(H,6,7). The molecule has 0 bridgehead atoms. The van der Waals surface area contributed by atoms with Gasteiger partial charge in [0, 0.05) is 18.8 Å². The molecule has 0 radical (unpaired) electrons. The molecule has 0 unspecified atom stereocenters. The molecule has 7 nitrogen and oxygen atoms in total. The summed E-state index contributed by atoms with van der Waals surface area (Å²) in [5.41, 5.74) is 4.59. The largest absolute Gasteiger partial charge is 0.497 e. The maximum Gasteiger partial charge on any atom is 0.490 e. The minimum atomic E-state index is -5.08. The molecule has 0 aliphatic carbocycles. The van der Waals surface area contributed by atoms with Gasteiger partial charge in [-0.1, -0.05) is 60.2 Å². The van der Waals surface area contributed by atoms with Crippen LogP contribution in [0.25, 0.3) is 0 Å². The third kappa shape index (κ3) is 12.0. The highest BCUT2D eigenvalue weighted by molar-refractivity contribution is 5.89. The Kier molecular flexibility index (Phi) is 12.9. The summed E-state index contributed by atoms with van der Waals surface area (Å²) >= 11 is 0. The van der Waals surface area contributed by atoms with Gasteiger partial charge in [-0.05, 0) is 93.6 Å². The van der Waals surface area contributed by atoms with Gasteiger partial charge in [-0.2, -0.15) is 13.2 Å². The normalized spacial score (nSPS) is 13.9. The summed E-state index contributed by atoms with van der Waals surface area (Å²) in [5, 5.41) is 10.2. The van der Waals surface area contributed by atoms with Crippen molar-refractivity contribution in [3.63, 3.8) is 0 Å². The molecular weight excluding hydrogens is 559 g/mol. The predicted molar refractivity (Wildman–Crippen MR) is 161 cm³/mol. The second-order valence-corrected chi connectivity index (χ2v) is 10.7. The second-order valence-electron chi connectivity index (χ2n) is 10.7. The molecule has 3 aromatic rings. The number of hydrogen-bond acceptors (Lipinski definition) is 4. The molecule has 4 rings (SSSR count). The summed E-state index contributed by atoms with van der Waals surface area (Å²) in [7, 11) is 1.64. The van der Waals surface area contributed by atoms with Crippen LogP contribution in [-0.4, -0.2) is 66.4 Å². The number of ether oxygens (including phenoxy) is 1. The molecule has 43 heavy (non-hydrogen) atoms. The van der Waals surface area contributed by atoms with E-state index >= 15 is 0 Å². The number of likely N-dealkylation sites (tertiary alicyclic amines) is 1. The Morgan fingerprint density at radius 3 is 2.12 bits per heavy atom. The number of carbonyl (C=O) groups excluding carboxylic acids is 1. The van der Waals surface area contributed by atoms with Gasteiger partial charge in [0.25, 0.3) is 0 Å². The lowest BCUT2D eigenvalue weighted by molar-refractivity contribution is -0.192. The fraction of sp³-hybridized carbons (Fsp3) is 0.394. The van der Waals surface area contributed by atoms with E-state index < -0.39 is 12.1 Å². The number of amides is 2. The Labute approximate surface area is 251 Å². The zero-order valence-corrected chi connectivity index (χ0v) is 24.6. The molecule has 1 aliphatic heterocycles. The van der Waals surface area contributed by atoms with Crippen LogP contribution in [0, 0.1) is 12.8 Å². The quantitative estimate of drug-likeness (QED) is 0.262. The lowest BCUT2D eigenvalue weighted by atomic mass is 9.90. The molecule has 0 saturated carbocycles. The third-order valence-electron chi connectivity index (χ3n) is 7.34. The average molecular weight is 600 g/mol. The number of carbonyl (C=O) groups is 2. The van der Waals surface area contributed by atoms with Gasteiger partial charge in [-0.15, -0.1) is 0 Å². The molecule has 1 fully saturated rings. The molecule has 0 spiro atoms. The van der Waals surface area contributed by atoms with Crippen molar-refractivity contribution >= 4 is 17.7 Å². The Balaban J connectivity index is 0.000000646. The minimum absolute atomic E-state index is 0.0673. The van der Waals surface area contributed by atoms with Crippen LogP contribution in [-0.2, 0) is 17.8 Å². The van der Waals surface area contributed by atoms with Gasteiger partial charge in [0.15, 0.2) is 0 Å². The van der Waals surface area contributed by atoms with Gasteiger partial charge < -0.3 is 25.0 Å². The third-order valence-corrected chi connectivity index (χ3v) is 7.34. The molecular formula is C33H40F3N3O4. The fourth-order valence-electron chi connectivity index (χ4n) is 4.89. The highest BCUT2D eigenvalue weighted by atomic mass is 19.4. The van der Waals surface area contributed by atoms with Crippen LogP contribution < -0.4 is 10.1 Å². The molecule has 3 aromatic carbocycles. The van der Waals surface area contributed by atoms with Gasteiger partial charge in [-0.25, -0.2) is 9.59 Å². The van der Waals surface area contributed by atoms with Crippen LogP contribution >= 0.6 is 0 Å². The number of urea groups is 1. The first kappa shape index (κ1) is 33.5. The van der Waals surface area contributed by atoms with Crippen molar-refractivity contribution in [2.24, 2.45) is 5.92 Å². The van der Waals surface area contributed by atoms with Crippen LogP contribution in [0.3, 0.4) is 0 Å². The topological polar surface area (TPSA) is 82.1 Å². The van der Waals surface area contributed by atoms with E-state index in [4.69, 9.17) is 14.6 Å². The number of methoxy groups -OCH3 is 1. The predicted octanol–water partition coefficient (Wildman–Crippen LogP) is 7.02. The van der Waals surface area contributed by atoms with Gasteiger partial charge in [0.2, 0.25) is 0 Å². The molecule has 0 aromatic heterocycles. The number of aliphatic carboxylic acids is 1. The Morgan fingerprint density at radius 2 is 1.56 bits per heavy atom. The summed E-state index contributed by atoms with van der Waals surface area (Å²) in [6, 6.07) is 26.7. The average Bonchev–Trinajstić information content (AvgIpc) is 2.99. The summed E-state index contributed by atoms with van der Waals surface area (Å²) in [6.07, 6.45) is -0.435. The number of rotatable bonds is 10. The summed E-state index contributed by atoms with van der Waals surface area (Å²) in [6.45, 7) is 6.72. The number of anilines is 1. The van der Waals surface area contributed by atoms with E-state index in [0.717, 1.165) is 55.5 Å². The smallest absolute Gasteiger partial charge is 0.490 e. The number of carboxylic acids is 1. The molecule has 232 valence electrons. The highest BCUT2D eigenvalue weighted by Crippen LogP contribution is 2.22. The number of hydrogen-bond donors (Lipinski definition) is 2. The van der Waals surface area contributed by atoms with E-state index in [9.17, 15) is 18.0 Å².